The SMILES string of the molecule is NP(N)(N)=O.O=P(O)(O)OP(=O)(O)O. The van der Waals surface area contributed by atoms with Gasteiger partial charge in [0.2, 0.25) is 0 Å². The quantitative estimate of drug-likeness (QED) is 0.277. The van der Waals surface area contributed by atoms with E-state index < -0.39 is 23.2 Å². The van der Waals surface area contributed by atoms with Crippen LogP contribution in [0.4, 0.5) is 0 Å². The van der Waals surface area contributed by atoms with Crippen LogP contribution in [0.25, 0.3) is 0 Å². The maximum atomic E-state index is 9.63. The Kier molecular flexibility index (Phi) is 6.54. The number of nitrogens with two attached hydrogens (primary N) is 3. The van der Waals surface area contributed by atoms with E-state index in [0.717, 1.165) is 0 Å². The molecule has 0 aromatic carbocycles. The third-order valence-corrected chi connectivity index (χ3v) is 1.91. The summed E-state index contributed by atoms with van der Waals surface area (Å²) in [6.07, 6.45) is 0. The van der Waals surface area contributed by atoms with Gasteiger partial charge in [-0.25, -0.2) is 9.13 Å². The van der Waals surface area contributed by atoms with Crippen LogP contribution in [0.3, 0.4) is 0 Å². The molecule has 10 N–H and O–H groups in total. The number of phosphoric acid groups is 2. The molecule has 0 aromatic heterocycles. The van der Waals surface area contributed by atoms with E-state index in [9.17, 15) is 13.7 Å². The van der Waals surface area contributed by atoms with E-state index in [1.165, 1.54) is 0 Å². The van der Waals surface area contributed by atoms with Crippen LogP contribution in [0.1, 0.15) is 0 Å². The first kappa shape index (κ1) is 16.8. The molecule has 0 saturated carbocycles. The smallest absolute Gasteiger partial charge is 0.302 e. The Morgan fingerprint density at radius 2 is 0.929 bits per heavy atom. The average Bonchev–Trinajstić information content (AvgIpc) is 1.42. The van der Waals surface area contributed by atoms with Gasteiger partial charge >= 0.3 is 15.6 Å². The zero-order valence-corrected chi connectivity index (χ0v) is 9.18. The third-order valence-electron chi connectivity index (χ3n) is 0.213. The van der Waals surface area contributed by atoms with Crippen LogP contribution in [-0.2, 0) is 18.0 Å². The highest BCUT2D eigenvalue weighted by Crippen LogP contribution is 2.53. The van der Waals surface area contributed by atoms with Crippen molar-refractivity contribution in [2.75, 3.05) is 0 Å². The van der Waals surface area contributed by atoms with Crippen molar-refractivity contribution in [2.45, 2.75) is 0 Å². The first-order valence-corrected chi connectivity index (χ1v) is 7.46. The van der Waals surface area contributed by atoms with Crippen LogP contribution in [0.5, 0.6) is 0 Å². The normalized spacial score (nSPS) is 13.1. The van der Waals surface area contributed by atoms with Crippen molar-refractivity contribution in [3.8, 4) is 0 Å². The minimum Gasteiger partial charge on any atom is -0.302 e. The molecule has 0 fully saturated rings. The Balaban J connectivity index is 0. The van der Waals surface area contributed by atoms with E-state index >= 15 is 0 Å². The Morgan fingerprint density at radius 1 is 0.786 bits per heavy atom. The topological polar surface area (TPSA) is 219 Å². The molecule has 0 aliphatic carbocycles. The Labute approximate surface area is 78.2 Å². The molecule has 0 radical (unpaired) electrons. The van der Waals surface area contributed by atoms with Crippen LogP contribution >= 0.6 is 23.2 Å². The molecule has 0 amide bonds. The standard InChI is InChI=1S/H6N3OP.H4O7P2/c1-5(2,3)4;1-8(2,3)7-9(4,5)6/h(H6,1,2,3,4);(H2,1,2,3)(H2,4,5,6). The summed E-state index contributed by atoms with van der Waals surface area (Å²) >= 11 is 0. The minimum atomic E-state index is -5.05. The van der Waals surface area contributed by atoms with Crippen LogP contribution in [0.2, 0.25) is 0 Å². The van der Waals surface area contributed by atoms with Gasteiger partial charge in [0, 0.05) is 0 Å². The van der Waals surface area contributed by atoms with Crippen LogP contribution in [-0.4, -0.2) is 19.6 Å². The lowest BCUT2D eigenvalue weighted by molar-refractivity contribution is 0.225. The van der Waals surface area contributed by atoms with Gasteiger partial charge in [0.05, 0.1) is 0 Å². The zero-order valence-electron chi connectivity index (χ0n) is 6.50. The van der Waals surface area contributed by atoms with Gasteiger partial charge in [-0.1, -0.05) is 0 Å². The lowest BCUT2D eigenvalue weighted by Crippen LogP contribution is -2.12. The minimum absolute atomic E-state index is 2.96. The van der Waals surface area contributed by atoms with E-state index in [2.05, 4.69) is 20.8 Å². The third kappa shape index (κ3) is 39.4. The maximum absolute atomic E-state index is 9.63. The van der Waals surface area contributed by atoms with Crippen molar-refractivity contribution >= 4 is 23.2 Å². The van der Waals surface area contributed by atoms with Crippen molar-refractivity contribution in [3.05, 3.63) is 0 Å². The van der Waals surface area contributed by atoms with Gasteiger partial charge in [-0.15, -0.1) is 0 Å². The van der Waals surface area contributed by atoms with Gasteiger partial charge in [-0.05, 0) is 0 Å². The molecular formula is H10N3O8P3. The molecule has 0 rings (SSSR count). The van der Waals surface area contributed by atoms with E-state index in [4.69, 9.17) is 19.6 Å². The van der Waals surface area contributed by atoms with Crippen LogP contribution < -0.4 is 16.5 Å². The summed E-state index contributed by atoms with van der Waals surface area (Å²) in [5, 5.41) is 0. The Morgan fingerprint density at radius 3 is 0.929 bits per heavy atom. The van der Waals surface area contributed by atoms with Gasteiger partial charge in [0.1, 0.15) is 0 Å². The molecule has 0 unspecified atom stereocenters. The van der Waals surface area contributed by atoms with E-state index in [1.54, 1.807) is 0 Å². The molecule has 0 bridgehead atoms. The predicted octanol–water partition coefficient (Wildman–Crippen LogP) is -1.84. The number of hydrogen-bond acceptors (Lipinski definition) is 4. The Bertz CT molecular complexity index is 263. The predicted molar refractivity (Wildman–Crippen MR) is 45.3 cm³/mol. The average molecular weight is 273 g/mol. The second kappa shape index (κ2) is 5.45. The highest BCUT2D eigenvalue weighted by molar-refractivity contribution is 7.60. The Hall–Kier alpha value is 0.370. The molecule has 0 atom stereocenters. The maximum Gasteiger partial charge on any atom is 0.478 e. The first-order chi connectivity index (χ1) is 5.71. The van der Waals surface area contributed by atoms with E-state index in [1.807, 2.05) is 0 Å². The molecular weight excluding hydrogens is 263 g/mol. The highest BCUT2D eigenvalue weighted by atomic mass is 31.3. The fourth-order valence-corrected chi connectivity index (χ4v) is 1.25. The van der Waals surface area contributed by atoms with Gasteiger partial charge in [-0.3, -0.25) is 21.1 Å². The zero-order chi connectivity index (χ0) is 12.2. The van der Waals surface area contributed by atoms with Crippen LogP contribution in [0, 0.1) is 0 Å². The fourth-order valence-electron chi connectivity index (χ4n) is 0.139. The molecule has 0 heterocycles. The first-order valence-electron chi connectivity index (χ1n) is 2.49. The van der Waals surface area contributed by atoms with E-state index in [-0.39, 0.29) is 0 Å². The summed E-state index contributed by atoms with van der Waals surface area (Å²) in [5.74, 6) is 0. The van der Waals surface area contributed by atoms with Crippen molar-refractivity contribution in [3.63, 3.8) is 0 Å². The second-order valence-electron chi connectivity index (χ2n) is 1.83. The summed E-state index contributed by atoms with van der Waals surface area (Å²) in [4.78, 5) is 31.0. The van der Waals surface area contributed by atoms with Crippen molar-refractivity contribution in [2.24, 2.45) is 16.5 Å². The molecule has 11 nitrogen and oxygen atoms in total. The summed E-state index contributed by atoms with van der Waals surface area (Å²) in [6.45, 7) is 0. The molecule has 14 heavy (non-hydrogen) atoms. The molecule has 0 saturated heterocycles. The molecule has 0 spiro atoms. The van der Waals surface area contributed by atoms with Gasteiger partial charge in [0.25, 0.3) is 7.59 Å². The number of hydrogen-bond donors (Lipinski definition) is 7. The van der Waals surface area contributed by atoms with Crippen molar-refractivity contribution in [1.29, 1.82) is 0 Å². The molecule has 88 valence electrons. The second-order valence-corrected chi connectivity index (χ2v) is 5.97. The van der Waals surface area contributed by atoms with Gasteiger partial charge < -0.3 is 19.6 Å². The van der Waals surface area contributed by atoms with Crippen LogP contribution in [0.15, 0.2) is 0 Å². The van der Waals surface area contributed by atoms with E-state index in [0.29, 0.717) is 0 Å². The lowest BCUT2D eigenvalue weighted by Gasteiger charge is -2.03. The summed E-state index contributed by atoms with van der Waals surface area (Å²) in [7, 11) is -13.2. The molecule has 0 aliphatic heterocycles. The summed E-state index contributed by atoms with van der Waals surface area (Å²) < 4.78 is 31.8. The molecule has 0 aliphatic rings. The van der Waals surface area contributed by atoms with Gasteiger partial charge in [-0.2, -0.15) is 4.31 Å². The largest absolute Gasteiger partial charge is 0.478 e. The summed E-state index contributed by atoms with van der Waals surface area (Å²) in [6, 6.07) is 0. The van der Waals surface area contributed by atoms with Gasteiger partial charge in [0.15, 0.2) is 0 Å². The fraction of sp³-hybridized carbons (Fsp3) is 0. The lowest BCUT2D eigenvalue weighted by atomic mass is 13.8. The number of rotatable bonds is 2. The summed E-state index contributed by atoms with van der Waals surface area (Å²) in [5.41, 5.74) is 13.4. The van der Waals surface area contributed by atoms with Crippen molar-refractivity contribution < 1.29 is 37.6 Å². The molecule has 14 heteroatoms. The monoisotopic (exact) mass is 273 g/mol. The molecule has 0 aromatic rings. The van der Waals surface area contributed by atoms with Crippen molar-refractivity contribution in [1.82, 2.24) is 0 Å². The highest BCUT2D eigenvalue weighted by Gasteiger charge is 2.27.